The number of carbonyl (C=O) groups is 2. The highest BCUT2D eigenvalue weighted by Crippen LogP contribution is 2.31. The van der Waals surface area contributed by atoms with Crippen LogP contribution in [0.25, 0.3) is 0 Å². The molecule has 0 aromatic heterocycles. The van der Waals surface area contributed by atoms with Gasteiger partial charge in [-0.2, -0.15) is 0 Å². The van der Waals surface area contributed by atoms with Gasteiger partial charge in [0.2, 0.25) is 11.8 Å². The molecule has 0 radical (unpaired) electrons. The maximum Gasteiger partial charge on any atom is 0.223 e. The molecule has 104 valence electrons. The van der Waals surface area contributed by atoms with E-state index in [4.69, 9.17) is 5.73 Å². The van der Waals surface area contributed by atoms with Gasteiger partial charge in [0.05, 0.1) is 11.8 Å². The van der Waals surface area contributed by atoms with Crippen LogP contribution in [-0.4, -0.2) is 18.4 Å². The zero-order valence-corrected chi connectivity index (χ0v) is 12.0. The summed E-state index contributed by atoms with van der Waals surface area (Å²) >= 11 is 0. The molecule has 0 spiro atoms. The summed E-state index contributed by atoms with van der Waals surface area (Å²) in [6.07, 6.45) is 2.71. The van der Waals surface area contributed by atoms with Crippen LogP contribution < -0.4 is 11.1 Å². The van der Waals surface area contributed by atoms with Gasteiger partial charge in [0, 0.05) is 6.54 Å². The van der Waals surface area contributed by atoms with Crippen LogP contribution in [0, 0.1) is 17.3 Å². The van der Waals surface area contributed by atoms with Crippen molar-refractivity contribution in [2.75, 3.05) is 6.54 Å². The van der Waals surface area contributed by atoms with Gasteiger partial charge in [-0.15, -0.1) is 6.58 Å². The molecule has 1 unspecified atom stereocenters. The third-order valence-corrected chi connectivity index (χ3v) is 2.79. The number of hydrogen-bond donors (Lipinski definition) is 2. The first-order valence-corrected chi connectivity index (χ1v) is 6.40. The van der Waals surface area contributed by atoms with E-state index < -0.39 is 11.8 Å². The van der Waals surface area contributed by atoms with Crippen molar-refractivity contribution in [3.63, 3.8) is 0 Å². The third-order valence-electron chi connectivity index (χ3n) is 2.79. The SMILES string of the molecule is C=CCC(C(N)=O)[C@@H](CC(C)(C)C)C(=O)NCC. The Kier molecular flexibility index (Phi) is 6.66. The molecule has 0 saturated heterocycles. The molecule has 3 N–H and O–H groups in total. The Hall–Kier alpha value is -1.32. The van der Waals surface area contributed by atoms with Crippen LogP contribution in [0.3, 0.4) is 0 Å². The highest BCUT2D eigenvalue weighted by molar-refractivity contribution is 5.87. The van der Waals surface area contributed by atoms with Crippen molar-refractivity contribution < 1.29 is 9.59 Å². The molecular weight excluding hydrogens is 228 g/mol. The summed E-state index contributed by atoms with van der Waals surface area (Å²) in [5.74, 6) is -1.40. The van der Waals surface area contributed by atoms with Crippen molar-refractivity contribution in [2.24, 2.45) is 23.0 Å². The van der Waals surface area contributed by atoms with Crippen LogP contribution in [0.1, 0.15) is 40.5 Å². The van der Waals surface area contributed by atoms with Gasteiger partial charge < -0.3 is 11.1 Å². The molecule has 0 heterocycles. The van der Waals surface area contributed by atoms with E-state index in [0.717, 1.165) is 0 Å². The first kappa shape index (κ1) is 16.7. The smallest absolute Gasteiger partial charge is 0.223 e. The number of allylic oxidation sites excluding steroid dienone is 1. The van der Waals surface area contributed by atoms with E-state index in [0.29, 0.717) is 19.4 Å². The van der Waals surface area contributed by atoms with Crippen LogP contribution in [-0.2, 0) is 9.59 Å². The fourth-order valence-corrected chi connectivity index (χ4v) is 2.04. The molecule has 18 heavy (non-hydrogen) atoms. The van der Waals surface area contributed by atoms with Gasteiger partial charge in [-0.25, -0.2) is 0 Å². The molecule has 4 heteroatoms. The number of nitrogens with two attached hydrogens (primary N) is 1. The van der Waals surface area contributed by atoms with Gasteiger partial charge in [-0.05, 0) is 25.2 Å². The zero-order valence-electron chi connectivity index (χ0n) is 12.0. The van der Waals surface area contributed by atoms with Gasteiger partial charge in [0.15, 0.2) is 0 Å². The van der Waals surface area contributed by atoms with Crippen molar-refractivity contribution in [1.29, 1.82) is 0 Å². The second-order valence-electron chi connectivity index (χ2n) is 5.80. The molecule has 0 rings (SSSR count). The largest absolute Gasteiger partial charge is 0.369 e. The summed E-state index contributed by atoms with van der Waals surface area (Å²) < 4.78 is 0. The van der Waals surface area contributed by atoms with Gasteiger partial charge in [-0.3, -0.25) is 9.59 Å². The summed E-state index contributed by atoms with van der Waals surface area (Å²) in [6.45, 7) is 12.2. The second-order valence-corrected chi connectivity index (χ2v) is 5.80. The lowest BCUT2D eigenvalue weighted by molar-refractivity contribution is -0.134. The molecule has 0 aliphatic carbocycles. The summed E-state index contributed by atoms with van der Waals surface area (Å²) in [5, 5.41) is 2.78. The van der Waals surface area contributed by atoms with E-state index in [1.807, 2.05) is 27.7 Å². The first-order valence-electron chi connectivity index (χ1n) is 6.40. The van der Waals surface area contributed by atoms with E-state index in [1.165, 1.54) is 0 Å². The summed E-state index contributed by atoms with van der Waals surface area (Å²) in [5.41, 5.74) is 5.37. The minimum Gasteiger partial charge on any atom is -0.369 e. The van der Waals surface area contributed by atoms with E-state index in [9.17, 15) is 9.59 Å². The second kappa shape index (κ2) is 7.19. The summed E-state index contributed by atoms with van der Waals surface area (Å²) in [4.78, 5) is 23.6. The molecule has 2 atom stereocenters. The van der Waals surface area contributed by atoms with E-state index in [-0.39, 0.29) is 17.2 Å². The van der Waals surface area contributed by atoms with Crippen LogP contribution in [0.5, 0.6) is 0 Å². The van der Waals surface area contributed by atoms with Gasteiger partial charge in [0.1, 0.15) is 0 Å². The highest BCUT2D eigenvalue weighted by atomic mass is 16.2. The fourth-order valence-electron chi connectivity index (χ4n) is 2.04. The van der Waals surface area contributed by atoms with Crippen molar-refractivity contribution in [3.8, 4) is 0 Å². The van der Waals surface area contributed by atoms with Crippen LogP contribution in [0.2, 0.25) is 0 Å². The molecule has 0 aliphatic heterocycles. The third kappa shape index (κ3) is 5.84. The van der Waals surface area contributed by atoms with E-state index in [1.54, 1.807) is 6.08 Å². The Morgan fingerprint density at radius 3 is 2.22 bits per heavy atom. The normalized spacial score (nSPS) is 14.7. The van der Waals surface area contributed by atoms with Crippen LogP contribution >= 0.6 is 0 Å². The molecule has 0 fully saturated rings. The van der Waals surface area contributed by atoms with Crippen molar-refractivity contribution in [3.05, 3.63) is 12.7 Å². The Morgan fingerprint density at radius 2 is 1.89 bits per heavy atom. The monoisotopic (exact) mass is 254 g/mol. The standard InChI is InChI=1S/C14H26N2O2/c1-6-8-10(12(15)17)11(9-14(3,4)5)13(18)16-7-2/h6,10-11H,1,7-9H2,2-5H3,(H2,15,17)(H,16,18)/t10?,11-/m1/s1. The van der Waals surface area contributed by atoms with Gasteiger partial charge >= 0.3 is 0 Å². The minimum absolute atomic E-state index is 0.0371. The number of rotatable bonds is 7. The van der Waals surface area contributed by atoms with Gasteiger partial charge in [-0.1, -0.05) is 26.8 Å². The molecular formula is C14H26N2O2. The predicted octanol–water partition coefficient (Wildman–Crippen LogP) is 1.85. The van der Waals surface area contributed by atoms with Crippen LogP contribution in [0.4, 0.5) is 0 Å². The first-order chi connectivity index (χ1) is 8.22. The number of nitrogens with one attached hydrogen (secondary N) is 1. The lowest BCUT2D eigenvalue weighted by Gasteiger charge is -2.29. The average Bonchev–Trinajstić information content (AvgIpc) is 2.21. The molecule has 0 aromatic rings. The molecule has 2 amide bonds. The average molecular weight is 254 g/mol. The minimum atomic E-state index is -0.478. The highest BCUT2D eigenvalue weighted by Gasteiger charge is 2.34. The lowest BCUT2D eigenvalue weighted by Crippen LogP contribution is -2.41. The predicted molar refractivity (Wildman–Crippen MR) is 73.7 cm³/mol. The van der Waals surface area contributed by atoms with Crippen molar-refractivity contribution >= 4 is 11.8 Å². The number of primary amides is 1. The topological polar surface area (TPSA) is 72.2 Å². The Labute approximate surface area is 110 Å². The summed E-state index contributed by atoms with van der Waals surface area (Å²) in [6, 6.07) is 0. The zero-order chi connectivity index (χ0) is 14.3. The molecule has 0 saturated carbocycles. The molecule has 0 aromatic carbocycles. The van der Waals surface area contributed by atoms with Crippen molar-refractivity contribution in [1.82, 2.24) is 5.32 Å². The van der Waals surface area contributed by atoms with Crippen LogP contribution in [0.15, 0.2) is 12.7 Å². The number of hydrogen-bond acceptors (Lipinski definition) is 2. The fraction of sp³-hybridized carbons (Fsp3) is 0.714. The lowest BCUT2D eigenvalue weighted by atomic mass is 9.76. The summed E-state index contributed by atoms with van der Waals surface area (Å²) in [7, 11) is 0. The Bertz CT molecular complexity index is 305. The Balaban J connectivity index is 5.08. The van der Waals surface area contributed by atoms with Gasteiger partial charge in [0.25, 0.3) is 0 Å². The van der Waals surface area contributed by atoms with E-state index >= 15 is 0 Å². The Morgan fingerprint density at radius 1 is 1.33 bits per heavy atom. The maximum atomic E-state index is 12.1. The molecule has 0 aliphatic rings. The van der Waals surface area contributed by atoms with Crippen molar-refractivity contribution in [2.45, 2.75) is 40.5 Å². The maximum absolute atomic E-state index is 12.1. The number of amides is 2. The molecule has 4 nitrogen and oxygen atoms in total. The molecule has 0 bridgehead atoms. The van der Waals surface area contributed by atoms with E-state index in [2.05, 4.69) is 11.9 Å². The quantitative estimate of drug-likeness (QED) is 0.681. The number of carbonyl (C=O) groups excluding carboxylic acids is 2.